The van der Waals surface area contributed by atoms with Crippen LogP contribution in [-0.4, -0.2) is 58.9 Å². The average Bonchev–Trinajstić information content (AvgIpc) is 3.07. The van der Waals surface area contributed by atoms with E-state index in [9.17, 15) is 4.79 Å². The van der Waals surface area contributed by atoms with E-state index in [1.54, 1.807) is 14.0 Å². The van der Waals surface area contributed by atoms with Crippen LogP contribution in [0, 0.1) is 6.92 Å². The molecule has 1 saturated heterocycles. The fourth-order valence-corrected chi connectivity index (χ4v) is 2.44. The van der Waals surface area contributed by atoms with Crippen molar-refractivity contribution in [3.63, 3.8) is 0 Å². The van der Waals surface area contributed by atoms with Gasteiger partial charge in [-0.25, -0.2) is 4.79 Å². The Morgan fingerprint density at radius 1 is 1.48 bits per heavy atom. The quantitative estimate of drug-likeness (QED) is 0.397. The summed E-state index contributed by atoms with van der Waals surface area (Å²) >= 11 is 0. The van der Waals surface area contributed by atoms with Crippen LogP contribution < -0.4 is 10.6 Å². The lowest BCUT2D eigenvalue weighted by atomic mass is 10.2. The standard InChI is InChI=1S/C15H26N6O3.HI/c1-10-18-12(24-20-10)8-17-13(16-5)21-7-6-11(9-21)19-14(22)23-15(2,3)4;/h11H,6-9H2,1-5H3,(H,16,17)(H,19,22);1H. The molecule has 0 spiro atoms. The Kier molecular flexibility index (Phi) is 7.90. The summed E-state index contributed by atoms with van der Waals surface area (Å²) in [5.74, 6) is 1.85. The molecule has 1 fully saturated rings. The van der Waals surface area contributed by atoms with Crippen LogP contribution in [0.5, 0.6) is 0 Å². The Labute approximate surface area is 165 Å². The van der Waals surface area contributed by atoms with Crippen molar-refractivity contribution in [3.05, 3.63) is 11.7 Å². The van der Waals surface area contributed by atoms with Crippen LogP contribution in [0.25, 0.3) is 0 Å². The molecule has 2 N–H and O–H groups in total. The fourth-order valence-electron chi connectivity index (χ4n) is 2.44. The molecule has 0 aliphatic carbocycles. The maximum atomic E-state index is 11.8. The van der Waals surface area contributed by atoms with Gasteiger partial charge in [-0.2, -0.15) is 4.98 Å². The number of aryl methyl sites for hydroxylation is 1. The number of amides is 1. The van der Waals surface area contributed by atoms with Gasteiger partial charge in [0.2, 0.25) is 5.89 Å². The Bertz CT molecular complexity index is 598. The summed E-state index contributed by atoms with van der Waals surface area (Å²) in [5.41, 5.74) is -0.498. The number of likely N-dealkylation sites (tertiary alicyclic amines) is 1. The summed E-state index contributed by atoms with van der Waals surface area (Å²) in [6.45, 7) is 9.18. The van der Waals surface area contributed by atoms with Crippen molar-refractivity contribution in [2.75, 3.05) is 20.1 Å². The van der Waals surface area contributed by atoms with E-state index in [1.807, 2.05) is 20.8 Å². The summed E-state index contributed by atoms with van der Waals surface area (Å²) < 4.78 is 10.4. The molecule has 0 saturated carbocycles. The van der Waals surface area contributed by atoms with E-state index in [0.29, 0.717) is 24.8 Å². The van der Waals surface area contributed by atoms with Crippen molar-refractivity contribution in [3.8, 4) is 0 Å². The Hall–Kier alpha value is -1.59. The number of halogens is 1. The van der Waals surface area contributed by atoms with E-state index in [0.717, 1.165) is 18.9 Å². The second-order valence-electron chi connectivity index (χ2n) is 6.71. The van der Waals surface area contributed by atoms with Gasteiger partial charge in [0.15, 0.2) is 11.8 Å². The van der Waals surface area contributed by atoms with Crippen LogP contribution in [0.15, 0.2) is 9.52 Å². The minimum absolute atomic E-state index is 0. The molecule has 1 aliphatic heterocycles. The number of carbonyl (C=O) groups is 1. The van der Waals surface area contributed by atoms with Gasteiger partial charge in [-0.1, -0.05) is 5.16 Å². The largest absolute Gasteiger partial charge is 0.444 e. The Balaban J connectivity index is 0.00000312. The molecule has 2 rings (SSSR count). The monoisotopic (exact) mass is 466 g/mol. The number of hydrogen-bond acceptors (Lipinski definition) is 6. The van der Waals surface area contributed by atoms with Crippen LogP contribution in [0.4, 0.5) is 4.79 Å². The van der Waals surface area contributed by atoms with Gasteiger partial charge in [0.25, 0.3) is 0 Å². The molecule has 25 heavy (non-hydrogen) atoms. The molecule has 1 unspecified atom stereocenters. The highest BCUT2D eigenvalue weighted by Gasteiger charge is 2.27. The first kappa shape index (κ1) is 21.5. The topological polar surface area (TPSA) is 105 Å². The predicted molar refractivity (Wildman–Crippen MR) is 104 cm³/mol. The zero-order chi connectivity index (χ0) is 17.7. The number of hydrogen-bond donors (Lipinski definition) is 2. The predicted octanol–water partition coefficient (Wildman–Crippen LogP) is 1.67. The van der Waals surface area contributed by atoms with Crippen molar-refractivity contribution in [1.82, 2.24) is 25.7 Å². The molecular formula is C15H27IN6O3. The lowest BCUT2D eigenvalue weighted by molar-refractivity contribution is 0.0507. The third-order valence-corrected chi connectivity index (χ3v) is 3.39. The van der Waals surface area contributed by atoms with E-state index in [1.165, 1.54) is 0 Å². The van der Waals surface area contributed by atoms with Crippen LogP contribution in [0.2, 0.25) is 0 Å². The van der Waals surface area contributed by atoms with Crippen LogP contribution in [0.1, 0.15) is 38.9 Å². The second-order valence-corrected chi connectivity index (χ2v) is 6.71. The molecule has 1 amide bonds. The van der Waals surface area contributed by atoms with Gasteiger partial charge in [0, 0.05) is 20.1 Å². The molecule has 142 valence electrons. The molecular weight excluding hydrogens is 439 g/mol. The number of aliphatic imine (C=N–C) groups is 1. The van der Waals surface area contributed by atoms with Gasteiger partial charge in [-0.05, 0) is 34.1 Å². The number of guanidine groups is 1. The van der Waals surface area contributed by atoms with Crippen LogP contribution in [-0.2, 0) is 11.3 Å². The highest BCUT2D eigenvalue weighted by molar-refractivity contribution is 14.0. The van der Waals surface area contributed by atoms with E-state index in [4.69, 9.17) is 9.26 Å². The lowest BCUT2D eigenvalue weighted by Crippen LogP contribution is -2.44. The molecule has 0 radical (unpaired) electrons. The molecule has 10 heteroatoms. The number of nitrogens with one attached hydrogen (secondary N) is 2. The minimum atomic E-state index is -0.498. The van der Waals surface area contributed by atoms with Crippen LogP contribution >= 0.6 is 24.0 Å². The van der Waals surface area contributed by atoms with Crippen LogP contribution in [0.3, 0.4) is 0 Å². The second kappa shape index (κ2) is 9.20. The number of nitrogens with zero attached hydrogens (tertiary/aromatic N) is 4. The molecule has 0 aromatic carbocycles. The van der Waals surface area contributed by atoms with Crippen molar-refractivity contribution in [2.45, 2.75) is 52.3 Å². The van der Waals surface area contributed by atoms with Crippen molar-refractivity contribution >= 4 is 36.0 Å². The summed E-state index contributed by atoms with van der Waals surface area (Å²) in [6.07, 6.45) is 0.443. The number of alkyl carbamates (subject to hydrolysis) is 1. The molecule has 1 aliphatic rings. The molecule has 9 nitrogen and oxygen atoms in total. The van der Waals surface area contributed by atoms with Gasteiger partial charge in [0.1, 0.15) is 5.60 Å². The minimum Gasteiger partial charge on any atom is -0.444 e. The molecule has 1 aromatic heterocycles. The maximum Gasteiger partial charge on any atom is 0.407 e. The third kappa shape index (κ3) is 7.04. The molecule has 0 bridgehead atoms. The highest BCUT2D eigenvalue weighted by Crippen LogP contribution is 2.12. The van der Waals surface area contributed by atoms with Gasteiger partial charge in [0.05, 0.1) is 12.6 Å². The van der Waals surface area contributed by atoms with Crippen molar-refractivity contribution in [1.29, 1.82) is 0 Å². The Morgan fingerprint density at radius 2 is 2.20 bits per heavy atom. The van der Waals surface area contributed by atoms with Gasteiger partial charge in [-0.15, -0.1) is 24.0 Å². The smallest absolute Gasteiger partial charge is 0.407 e. The summed E-state index contributed by atoms with van der Waals surface area (Å²) in [6, 6.07) is 0.0315. The number of carbonyl (C=O) groups excluding carboxylic acids is 1. The van der Waals surface area contributed by atoms with Gasteiger partial charge in [-0.3, -0.25) is 4.99 Å². The highest BCUT2D eigenvalue weighted by atomic mass is 127. The zero-order valence-electron chi connectivity index (χ0n) is 15.3. The Morgan fingerprint density at radius 3 is 2.76 bits per heavy atom. The summed E-state index contributed by atoms with van der Waals surface area (Å²) in [7, 11) is 1.72. The SMILES string of the molecule is CN=C(NCc1nc(C)no1)N1CCC(NC(=O)OC(C)(C)C)C1.I. The molecule has 1 atom stereocenters. The van der Waals surface area contributed by atoms with E-state index in [-0.39, 0.29) is 30.0 Å². The number of ether oxygens (including phenoxy) is 1. The first-order valence-corrected chi connectivity index (χ1v) is 8.01. The van der Waals surface area contributed by atoms with E-state index < -0.39 is 11.7 Å². The third-order valence-electron chi connectivity index (χ3n) is 3.39. The number of rotatable bonds is 3. The fraction of sp³-hybridized carbons (Fsp3) is 0.733. The molecule has 1 aromatic rings. The summed E-state index contributed by atoms with van der Waals surface area (Å²) in [4.78, 5) is 22.3. The van der Waals surface area contributed by atoms with Gasteiger partial charge < -0.3 is 24.8 Å². The number of aromatic nitrogens is 2. The first-order valence-electron chi connectivity index (χ1n) is 8.01. The average molecular weight is 466 g/mol. The molecule has 2 heterocycles. The van der Waals surface area contributed by atoms with E-state index in [2.05, 4.69) is 30.7 Å². The van der Waals surface area contributed by atoms with Crippen molar-refractivity contribution < 1.29 is 14.1 Å². The first-order chi connectivity index (χ1) is 11.3. The van der Waals surface area contributed by atoms with Gasteiger partial charge >= 0.3 is 6.09 Å². The lowest BCUT2D eigenvalue weighted by Gasteiger charge is -2.23. The van der Waals surface area contributed by atoms with Crippen molar-refractivity contribution in [2.24, 2.45) is 4.99 Å². The van der Waals surface area contributed by atoms with E-state index >= 15 is 0 Å². The maximum absolute atomic E-state index is 11.8. The normalized spacial score (nSPS) is 17.9. The summed E-state index contributed by atoms with van der Waals surface area (Å²) in [5, 5.41) is 9.83. The zero-order valence-corrected chi connectivity index (χ0v) is 17.7.